The van der Waals surface area contributed by atoms with Gasteiger partial charge in [-0.25, -0.2) is 8.42 Å². The molecule has 1 spiro atoms. The second-order valence-corrected chi connectivity index (χ2v) is 12.4. The van der Waals surface area contributed by atoms with Crippen molar-refractivity contribution in [1.29, 1.82) is 0 Å². The van der Waals surface area contributed by atoms with E-state index >= 15 is 0 Å². The van der Waals surface area contributed by atoms with E-state index in [1.54, 1.807) is 23.1 Å². The van der Waals surface area contributed by atoms with Crippen molar-refractivity contribution >= 4 is 21.7 Å². The van der Waals surface area contributed by atoms with Crippen LogP contribution in [0.2, 0.25) is 0 Å². The molecule has 0 atom stereocenters. The first kappa shape index (κ1) is 23.1. The number of rotatable bonds is 4. The molecule has 1 aliphatic carbocycles. The fraction of sp³-hybridized carbons (Fsp3) is 0.481. The van der Waals surface area contributed by atoms with Crippen molar-refractivity contribution in [2.45, 2.75) is 43.4 Å². The normalized spacial score (nSPS) is 20.0. The van der Waals surface area contributed by atoms with Gasteiger partial charge in [0.1, 0.15) is 0 Å². The first-order valence-corrected chi connectivity index (χ1v) is 14.1. The van der Waals surface area contributed by atoms with Crippen molar-refractivity contribution in [3.05, 3.63) is 65.2 Å². The van der Waals surface area contributed by atoms with Crippen LogP contribution in [-0.2, 0) is 27.5 Å². The Morgan fingerprint density at radius 1 is 0.882 bits per heavy atom. The monoisotopic (exact) mass is 480 g/mol. The predicted molar refractivity (Wildman–Crippen MR) is 130 cm³/mol. The van der Waals surface area contributed by atoms with Gasteiger partial charge in [0.05, 0.1) is 10.5 Å². The molecular weight excluding hydrogens is 448 g/mol. The van der Waals surface area contributed by atoms with E-state index in [1.165, 1.54) is 17.2 Å². The van der Waals surface area contributed by atoms with Crippen molar-refractivity contribution in [2.75, 3.05) is 32.4 Å². The summed E-state index contributed by atoms with van der Waals surface area (Å²) in [5.41, 5.74) is 3.04. The second-order valence-electron chi connectivity index (χ2n) is 10.4. The zero-order valence-corrected chi connectivity index (χ0v) is 20.5. The molecule has 0 bridgehead atoms. The number of carbonyl (C=O) groups is 2. The Balaban J connectivity index is 1.17. The fourth-order valence-electron chi connectivity index (χ4n) is 6.05. The number of amides is 2. The molecule has 34 heavy (non-hydrogen) atoms. The molecule has 0 unspecified atom stereocenters. The van der Waals surface area contributed by atoms with Crippen LogP contribution >= 0.6 is 0 Å². The van der Waals surface area contributed by atoms with E-state index in [0.717, 1.165) is 51.4 Å². The van der Waals surface area contributed by atoms with Crippen molar-refractivity contribution in [3.63, 3.8) is 0 Å². The molecule has 2 saturated heterocycles. The van der Waals surface area contributed by atoms with E-state index in [0.29, 0.717) is 25.4 Å². The Hall–Kier alpha value is -2.67. The number of carbonyl (C=O) groups excluding carboxylic acids is 2. The van der Waals surface area contributed by atoms with Gasteiger partial charge in [-0.15, -0.1) is 0 Å². The highest BCUT2D eigenvalue weighted by Gasteiger charge is 2.43. The lowest BCUT2D eigenvalue weighted by Gasteiger charge is -2.39. The maximum atomic E-state index is 13.2. The zero-order valence-electron chi connectivity index (χ0n) is 19.7. The molecule has 0 saturated carbocycles. The van der Waals surface area contributed by atoms with Crippen molar-refractivity contribution in [1.82, 2.24) is 9.80 Å². The van der Waals surface area contributed by atoms with Crippen molar-refractivity contribution < 1.29 is 18.0 Å². The van der Waals surface area contributed by atoms with Gasteiger partial charge in [-0.2, -0.15) is 0 Å². The Morgan fingerprint density at radius 3 is 2.06 bits per heavy atom. The van der Waals surface area contributed by atoms with Crippen LogP contribution in [0.5, 0.6) is 0 Å². The molecule has 2 fully saturated rings. The second kappa shape index (κ2) is 8.84. The summed E-state index contributed by atoms with van der Waals surface area (Å²) in [7, 11) is -3.48. The highest BCUT2D eigenvalue weighted by molar-refractivity contribution is 7.90. The number of piperidine rings is 1. The summed E-state index contributed by atoms with van der Waals surface area (Å²) in [6, 6.07) is 15.0. The summed E-state index contributed by atoms with van der Waals surface area (Å²) in [4.78, 5) is 30.1. The largest absolute Gasteiger partial charge is 0.343 e. The quantitative estimate of drug-likeness (QED) is 0.673. The number of nitrogens with zero attached hydrogens (tertiary/aromatic N) is 2. The van der Waals surface area contributed by atoms with Crippen LogP contribution < -0.4 is 0 Å². The number of hydrogen-bond acceptors (Lipinski definition) is 4. The minimum Gasteiger partial charge on any atom is -0.343 e. The van der Waals surface area contributed by atoms with Crippen LogP contribution in [0.25, 0.3) is 0 Å². The molecule has 2 aromatic rings. The molecule has 0 N–H and O–H groups in total. The first-order valence-electron chi connectivity index (χ1n) is 12.2. The predicted octanol–water partition coefficient (Wildman–Crippen LogP) is 3.35. The summed E-state index contributed by atoms with van der Waals surface area (Å²) >= 11 is 0. The standard InChI is InChI=1S/C27H32N2O4S/c1-34(32,33)24-9-5-4-8-23(24)26(31)29-15-12-27(19-29)10-13-28(14-11-27)25(30)18-20-16-21-6-2-3-7-22(21)17-20/h2-9,20H,10-19H2,1H3. The zero-order chi connectivity index (χ0) is 23.9. The average molecular weight is 481 g/mol. The number of hydrogen-bond donors (Lipinski definition) is 0. The van der Waals surface area contributed by atoms with Gasteiger partial charge >= 0.3 is 0 Å². The summed E-state index contributed by atoms with van der Waals surface area (Å²) in [6.45, 7) is 2.73. The van der Waals surface area contributed by atoms with Gasteiger partial charge in [0.15, 0.2) is 9.84 Å². The Morgan fingerprint density at radius 2 is 1.44 bits per heavy atom. The number of benzene rings is 2. The topological polar surface area (TPSA) is 74.8 Å². The van der Waals surface area contributed by atoms with Crippen LogP contribution in [0.15, 0.2) is 53.4 Å². The summed E-state index contributed by atoms with van der Waals surface area (Å²) in [5, 5.41) is 0. The SMILES string of the molecule is CS(=O)(=O)c1ccccc1C(=O)N1CCC2(CCN(C(=O)CC3Cc4ccccc4C3)CC2)C1. The average Bonchev–Trinajstić information content (AvgIpc) is 3.42. The lowest BCUT2D eigenvalue weighted by molar-refractivity contribution is -0.134. The maximum absolute atomic E-state index is 13.2. The van der Waals surface area contributed by atoms with E-state index in [2.05, 4.69) is 24.3 Å². The van der Waals surface area contributed by atoms with E-state index < -0.39 is 9.84 Å². The highest BCUT2D eigenvalue weighted by atomic mass is 32.2. The van der Waals surface area contributed by atoms with Crippen LogP contribution in [0.1, 0.15) is 47.2 Å². The van der Waals surface area contributed by atoms with Gasteiger partial charge in [-0.1, -0.05) is 36.4 Å². The molecule has 2 aliphatic heterocycles. The van der Waals surface area contributed by atoms with E-state index in [1.807, 2.05) is 4.90 Å². The minimum absolute atomic E-state index is 0.0239. The van der Waals surface area contributed by atoms with Crippen LogP contribution in [-0.4, -0.2) is 62.5 Å². The van der Waals surface area contributed by atoms with Crippen LogP contribution in [0.3, 0.4) is 0 Å². The molecule has 6 nitrogen and oxygen atoms in total. The Bertz CT molecular complexity index is 1190. The van der Waals surface area contributed by atoms with E-state index in [4.69, 9.17) is 0 Å². The first-order chi connectivity index (χ1) is 16.2. The van der Waals surface area contributed by atoms with E-state index in [9.17, 15) is 18.0 Å². The lowest BCUT2D eigenvalue weighted by atomic mass is 9.77. The van der Waals surface area contributed by atoms with Gasteiger partial charge in [0.2, 0.25) is 5.91 Å². The molecule has 2 amide bonds. The molecule has 2 aromatic carbocycles. The van der Waals surface area contributed by atoms with Gasteiger partial charge in [-0.3, -0.25) is 9.59 Å². The Labute approximate surface area is 201 Å². The number of likely N-dealkylation sites (tertiary alicyclic amines) is 2. The molecule has 180 valence electrons. The fourth-order valence-corrected chi connectivity index (χ4v) is 6.93. The molecule has 0 radical (unpaired) electrons. The van der Waals surface area contributed by atoms with Crippen LogP contribution in [0, 0.1) is 11.3 Å². The molecule has 7 heteroatoms. The third-order valence-electron chi connectivity index (χ3n) is 8.02. The van der Waals surface area contributed by atoms with Gasteiger partial charge in [-0.05, 0) is 66.7 Å². The van der Waals surface area contributed by atoms with Crippen molar-refractivity contribution in [2.24, 2.45) is 11.3 Å². The third kappa shape index (κ3) is 4.50. The number of sulfone groups is 1. The molecule has 0 aromatic heterocycles. The maximum Gasteiger partial charge on any atom is 0.255 e. The molecular formula is C27H32N2O4S. The van der Waals surface area contributed by atoms with Gasteiger partial charge in [0, 0.05) is 38.9 Å². The summed E-state index contributed by atoms with van der Waals surface area (Å²) < 4.78 is 24.3. The van der Waals surface area contributed by atoms with E-state index in [-0.39, 0.29) is 27.7 Å². The smallest absolute Gasteiger partial charge is 0.255 e. The Kier molecular flexibility index (Phi) is 6.00. The van der Waals surface area contributed by atoms with Gasteiger partial charge in [0.25, 0.3) is 5.91 Å². The summed E-state index contributed by atoms with van der Waals surface area (Å²) in [6.07, 6.45) is 6.41. The minimum atomic E-state index is -3.48. The third-order valence-corrected chi connectivity index (χ3v) is 9.17. The highest BCUT2D eigenvalue weighted by Crippen LogP contribution is 2.41. The molecule has 5 rings (SSSR count). The molecule has 2 heterocycles. The van der Waals surface area contributed by atoms with Crippen molar-refractivity contribution in [3.8, 4) is 0 Å². The summed E-state index contributed by atoms with van der Waals surface area (Å²) in [5.74, 6) is 0.438. The van der Waals surface area contributed by atoms with Crippen LogP contribution in [0.4, 0.5) is 0 Å². The lowest BCUT2D eigenvalue weighted by Crippen LogP contribution is -2.45. The van der Waals surface area contributed by atoms with Gasteiger partial charge < -0.3 is 9.80 Å². The number of fused-ring (bicyclic) bond motifs is 1. The molecule has 3 aliphatic rings.